The van der Waals surface area contributed by atoms with Crippen LogP contribution >= 0.6 is 11.6 Å². The van der Waals surface area contributed by atoms with Gasteiger partial charge in [-0.1, -0.05) is 0 Å². The fourth-order valence-electron chi connectivity index (χ4n) is 0.747. The van der Waals surface area contributed by atoms with E-state index in [1.165, 1.54) is 0 Å². The molecule has 0 aliphatic carbocycles. The number of hydrogen-bond acceptors (Lipinski definition) is 3. The lowest BCUT2D eigenvalue weighted by molar-refractivity contribution is 0.685. The van der Waals surface area contributed by atoms with Crippen LogP contribution in [0.2, 0.25) is 5.28 Å². The number of aromatic nitrogens is 2. The van der Waals surface area contributed by atoms with Crippen molar-refractivity contribution in [3.05, 3.63) is 17.2 Å². The van der Waals surface area contributed by atoms with Crippen molar-refractivity contribution in [3.8, 4) is 0 Å². The summed E-state index contributed by atoms with van der Waals surface area (Å²) < 4.78 is 0. The highest BCUT2D eigenvalue weighted by molar-refractivity contribution is 6.28. The van der Waals surface area contributed by atoms with Crippen LogP contribution in [0.3, 0.4) is 0 Å². The van der Waals surface area contributed by atoms with Gasteiger partial charge in [0.15, 0.2) is 5.28 Å². The third kappa shape index (κ3) is 2.88. The molecule has 0 aromatic carbocycles. The lowest BCUT2D eigenvalue weighted by atomic mass is 10.4. The van der Waals surface area contributed by atoms with Gasteiger partial charge in [0.1, 0.15) is 0 Å². The monoisotopic (exact) mass is 174 g/mol. The number of rotatable bonds is 4. The molecule has 11 heavy (non-hydrogen) atoms. The van der Waals surface area contributed by atoms with Gasteiger partial charge in [-0.2, -0.15) is 0 Å². The van der Waals surface area contributed by atoms with Gasteiger partial charge < -0.3 is 16.0 Å². The molecule has 5 heteroatoms. The van der Waals surface area contributed by atoms with Gasteiger partial charge in [0.2, 0.25) is 0 Å². The molecule has 0 amide bonds. The van der Waals surface area contributed by atoms with Crippen molar-refractivity contribution in [2.75, 3.05) is 13.1 Å². The molecule has 1 aromatic rings. The third-order valence-electron chi connectivity index (χ3n) is 1.23. The van der Waals surface area contributed by atoms with E-state index in [0.29, 0.717) is 11.8 Å². The van der Waals surface area contributed by atoms with Gasteiger partial charge >= 0.3 is 0 Å². The molecule has 4 nitrogen and oxygen atoms in total. The number of halogens is 1. The molecular formula is C6H11ClN4. The fraction of sp³-hybridized carbons (Fsp3) is 0.500. The number of nitrogens with zero attached hydrogens (tertiary/aromatic N) is 1. The van der Waals surface area contributed by atoms with E-state index in [9.17, 15) is 0 Å². The standard InChI is InChI=1S/C6H11ClN4/c7-6-10-4-5(11-6)3-9-2-1-8/h4,9H,1-3,8H2,(H,10,11). The quantitative estimate of drug-likeness (QED) is 0.568. The molecule has 0 saturated carbocycles. The lowest BCUT2D eigenvalue weighted by Crippen LogP contribution is -2.21. The van der Waals surface area contributed by atoms with Gasteiger partial charge in [-0.25, -0.2) is 4.98 Å². The number of H-pyrrole nitrogens is 1. The van der Waals surface area contributed by atoms with E-state index in [0.717, 1.165) is 18.8 Å². The maximum absolute atomic E-state index is 5.55. The molecule has 1 heterocycles. The van der Waals surface area contributed by atoms with Gasteiger partial charge in [-0.05, 0) is 11.6 Å². The molecule has 1 rings (SSSR count). The van der Waals surface area contributed by atoms with Crippen molar-refractivity contribution < 1.29 is 0 Å². The molecule has 0 bridgehead atoms. The van der Waals surface area contributed by atoms with E-state index in [2.05, 4.69) is 15.3 Å². The first kappa shape index (κ1) is 8.52. The fourth-order valence-corrected chi connectivity index (χ4v) is 0.917. The number of aromatic amines is 1. The molecule has 0 atom stereocenters. The zero-order valence-electron chi connectivity index (χ0n) is 6.10. The topological polar surface area (TPSA) is 66.7 Å². The summed E-state index contributed by atoms with van der Waals surface area (Å²) in [5, 5.41) is 3.54. The molecule has 4 N–H and O–H groups in total. The third-order valence-corrected chi connectivity index (χ3v) is 1.43. The Balaban J connectivity index is 2.27. The first-order chi connectivity index (χ1) is 5.33. The summed E-state index contributed by atoms with van der Waals surface area (Å²) in [6.07, 6.45) is 1.70. The van der Waals surface area contributed by atoms with E-state index in [-0.39, 0.29) is 0 Å². The second kappa shape index (κ2) is 4.33. The van der Waals surface area contributed by atoms with Crippen molar-refractivity contribution in [1.29, 1.82) is 0 Å². The summed E-state index contributed by atoms with van der Waals surface area (Å²) in [7, 11) is 0. The van der Waals surface area contributed by atoms with Gasteiger partial charge in [0.05, 0.1) is 6.20 Å². The molecule has 1 aromatic heterocycles. The number of nitrogens with two attached hydrogens (primary N) is 1. The van der Waals surface area contributed by atoms with Crippen molar-refractivity contribution in [2.45, 2.75) is 6.54 Å². The zero-order valence-corrected chi connectivity index (χ0v) is 6.86. The molecule has 0 radical (unpaired) electrons. The van der Waals surface area contributed by atoms with Gasteiger partial charge in [-0.15, -0.1) is 0 Å². The van der Waals surface area contributed by atoms with Crippen LogP contribution < -0.4 is 11.1 Å². The summed E-state index contributed by atoms with van der Waals surface area (Å²) in [4.78, 5) is 6.72. The zero-order chi connectivity index (χ0) is 8.10. The largest absolute Gasteiger partial charge is 0.331 e. The predicted octanol–water partition coefficient (Wildman–Crippen LogP) is 0.111. The first-order valence-corrected chi connectivity index (χ1v) is 3.81. The minimum atomic E-state index is 0.426. The van der Waals surface area contributed by atoms with Crippen molar-refractivity contribution in [3.63, 3.8) is 0 Å². The smallest absolute Gasteiger partial charge is 0.200 e. The highest BCUT2D eigenvalue weighted by Gasteiger charge is 1.95. The maximum Gasteiger partial charge on any atom is 0.200 e. The van der Waals surface area contributed by atoms with Crippen LogP contribution in [-0.2, 0) is 6.54 Å². The number of nitrogens with one attached hydrogen (secondary N) is 2. The summed E-state index contributed by atoms with van der Waals surface area (Å²) in [5.41, 5.74) is 6.26. The Bertz CT molecular complexity index is 210. The molecule has 0 fully saturated rings. The van der Waals surface area contributed by atoms with Crippen LogP contribution in [0.1, 0.15) is 5.69 Å². The SMILES string of the molecule is NCCNCc1cnc(Cl)[nH]1. The number of imidazole rings is 1. The highest BCUT2D eigenvalue weighted by Crippen LogP contribution is 2.01. The normalized spacial score (nSPS) is 10.4. The van der Waals surface area contributed by atoms with Gasteiger partial charge in [0, 0.05) is 25.3 Å². The molecule has 0 aliphatic heterocycles. The van der Waals surface area contributed by atoms with E-state index >= 15 is 0 Å². The summed E-state index contributed by atoms with van der Waals surface area (Å²) in [5.74, 6) is 0. The Kier molecular flexibility index (Phi) is 3.35. The van der Waals surface area contributed by atoms with E-state index < -0.39 is 0 Å². The minimum Gasteiger partial charge on any atom is -0.331 e. The summed E-state index contributed by atoms with van der Waals surface area (Å²) in [6.45, 7) is 2.18. The molecule has 0 aliphatic rings. The Hall–Kier alpha value is -0.580. The second-order valence-corrected chi connectivity index (χ2v) is 2.52. The summed E-state index contributed by atoms with van der Waals surface area (Å²) >= 11 is 5.55. The molecular weight excluding hydrogens is 164 g/mol. The van der Waals surface area contributed by atoms with Crippen molar-refractivity contribution >= 4 is 11.6 Å². The van der Waals surface area contributed by atoms with E-state index in [1.54, 1.807) is 6.20 Å². The van der Waals surface area contributed by atoms with E-state index in [1.807, 2.05) is 0 Å². The number of hydrogen-bond donors (Lipinski definition) is 3. The minimum absolute atomic E-state index is 0.426. The Labute approximate surface area is 70.1 Å². The van der Waals surface area contributed by atoms with Crippen LogP contribution in [0.15, 0.2) is 6.20 Å². The first-order valence-electron chi connectivity index (χ1n) is 3.43. The average molecular weight is 175 g/mol. The van der Waals surface area contributed by atoms with Crippen molar-refractivity contribution in [2.24, 2.45) is 5.73 Å². The van der Waals surface area contributed by atoms with Gasteiger partial charge in [0.25, 0.3) is 0 Å². The predicted molar refractivity (Wildman–Crippen MR) is 44.4 cm³/mol. The molecule has 0 saturated heterocycles. The molecule has 62 valence electrons. The van der Waals surface area contributed by atoms with Gasteiger partial charge in [-0.3, -0.25) is 0 Å². The van der Waals surface area contributed by atoms with Crippen LogP contribution in [0.25, 0.3) is 0 Å². The van der Waals surface area contributed by atoms with Crippen molar-refractivity contribution in [1.82, 2.24) is 15.3 Å². The Morgan fingerprint density at radius 2 is 2.55 bits per heavy atom. The summed E-state index contributed by atoms with van der Waals surface area (Å²) in [6, 6.07) is 0. The van der Waals surface area contributed by atoms with E-state index in [4.69, 9.17) is 17.3 Å². The highest BCUT2D eigenvalue weighted by atomic mass is 35.5. The molecule has 0 spiro atoms. The van der Waals surface area contributed by atoms with Crippen LogP contribution in [-0.4, -0.2) is 23.1 Å². The van der Waals surface area contributed by atoms with Crippen LogP contribution in [0.4, 0.5) is 0 Å². The Morgan fingerprint density at radius 1 is 1.73 bits per heavy atom. The molecule has 0 unspecified atom stereocenters. The Morgan fingerprint density at radius 3 is 3.09 bits per heavy atom. The van der Waals surface area contributed by atoms with Crippen LogP contribution in [0, 0.1) is 0 Å². The maximum atomic E-state index is 5.55. The second-order valence-electron chi connectivity index (χ2n) is 2.16. The lowest BCUT2D eigenvalue weighted by Gasteiger charge is -1.98. The van der Waals surface area contributed by atoms with Crippen LogP contribution in [0.5, 0.6) is 0 Å². The average Bonchev–Trinajstić information content (AvgIpc) is 2.37.